The van der Waals surface area contributed by atoms with Gasteiger partial charge in [0, 0.05) is 0 Å². The van der Waals surface area contributed by atoms with Crippen molar-refractivity contribution in [1.29, 1.82) is 0 Å². The fourth-order valence-electron chi connectivity index (χ4n) is 3.59. The Morgan fingerprint density at radius 1 is 1.25 bits per heavy atom. The second-order valence-corrected chi connectivity index (χ2v) is 6.33. The zero-order valence-electron chi connectivity index (χ0n) is 14.1. The molecule has 1 spiro atoms. The lowest BCUT2D eigenvalue weighted by Gasteiger charge is -2.46. The lowest BCUT2D eigenvalue weighted by atomic mass is 9.87. The van der Waals surface area contributed by atoms with Gasteiger partial charge in [-0.3, -0.25) is 4.90 Å². The number of guanidine groups is 2. The molecule has 1 aliphatic carbocycles. The molecule has 0 unspecified atom stereocenters. The van der Waals surface area contributed by atoms with Crippen LogP contribution < -0.4 is 16.4 Å². The number of hydrogen-bond acceptors (Lipinski definition) is 7. The second-order valence-electron chi connectivity index (χ2n) is 6.33. The molecule has 1 aliphatic heterocycles. The first-order valence-electron chi connectivity index (χ1n) is 8.15. The Hall–Kier alpha value is -2.57. The van der Waals surface area contributed by atoms with E-state index in [2.05, 4.69) is 9.98 Å². The van der Waals surface area contributed by atoms with E-state index in [0.717, 1.165) is 37.7 Å². The van der Waals surface area contributed by atoms with Crippen LogP contribution in [0.15, 0.2) is 28.2 Å². The molecule has 0 atom stereocenters. The first-order valence-corrected chi connectivity index (χ1v) is 8.15. The third kappa shape index (κ3) is 2.70. The van der Waals surface area contributed by atoms with E-state index in [1.54, 1.807) is 6.07 Å². The molecule has 1 heterocycles. The Morgan fingerprint density at radius 2 is 1.96 bits per heavy atom. The van der Waals surface area contributed by atoms with Crippen LogP contribution in [0, 0.1) is 6.92 Å². The molecule has 0 bridgehead atoms. The fourth-order valence-corrected chi connectivity index (χ4v) is 3.59. The summed E-state index contributed by atoms with van der Waals surface area (Å²) in [5.74, 6) is 0.0470. The van der Waals surface area contributed by atoms with Gasteiger partial charge in [-0.15, -0.1) is 0 Å². The molecule has 0 aromatic heterocycles. The van der Waals surface area contributed by atoms with E-state index in [-0.39, 0.29) is 11.9 Å². The summed E-state index contributed by atoms with van der Waals surface area (Å²) >= 11 is 0. The molecule has 1 aromatic carbocycles. The molecule has 0 amide bonds. The van der Waals surface area contributed by atoms with Gasteiger partial charge in [-0.25, -0.2) is 9.79 Å². The number of methoxy groups -OCH3 is 1. The molecule has 7 heteroatoms. The van der Waals surface area contributed by atoms with E-state index in [9.17, 15) is 4.79 Å². The average Bonchev–Trinajstić information content (AvgIpc) is 2.55. The molecule has 1 saturated carbocycles. The molecule has 0 saturated heterocycles. The van der Waals surface area contributed by atoms with E-state index >= 15 is 0 Å². The number of carbonyl (C=O) groups excluding carboxylic acids is 1. The Labute approximate surface area is 141 Å². The highest BCUT2D eigenvalue weighted by molar-refractivity contribution is 6.09. The third-order valence-corrected chi connectivity index (χ3v) is 4.65. The smallest absolute Gasteiger partial charge is 0.339 e. The largest absolute Gasteiger partial charge is 0.465 e. The van der Waals surface area contributed by atoms with E-state index in [1.807, 2.05) is 24.0 Å². The minimum Gasteiger partial charge on any atom is -0.465 e. The zero-order valence-corrected chi connectivity index (χ0v) is 14.1. The van der Waals surface area contributed by atoms with Gasteiger partial charge in [-0.1, -0.05) is 18.1 Å². The van der Waals surface area contributed by atoms with Crippen LogP contribution >= 0.6 is 0 Å². The van der Waals surface area contributed by atoms with Crippen molar-refractivity contribution in [1.82, 2.24) is 0 Å². The summed E-state index contributed by atoms with van der Waals surface area (Å²) in [6, 6.07) is 5.61. The number of hydrogen-bond donors (Lipinski definition) is 2. The predicted molar refractivity (Wildman–Crippen MR) is 94.1 cm³/mol. The van der Waals surface area contributed by atoms with Gasteiger partial charge in [0.05, 0.1) is 18.4 Å². The SMILES string of the molecule is COC(=O)c1cc(C)ccc1N1C(N)=NC(N)=NC12CCCCC2. The Balaban J connectivity index is 2.16. The summed E-state index contributed by atoms with van der Waals surface area (Å²) < 4.78 is 4.95. The van der Waals surface area contributed by atoms with Crippen LogP contribution in [0.25, 0.3) is 0 Å². The number of esters is 1. The third-order valence-electron chi connectivity index (χ3n) is 4.65. The van der Waals surface area contributed by atoms with Gasteiger partial charge in [-0.05, 0) is 44.7 Å². The molecule has 24 heavy (non-hydrogen) atoms. The standard InChI is InChI=1S/C17H23N5O2/c1-11-6-7-13(12(10-11)14(23)24-2)22-16(19)20-15(18)21-17(22)8-4-3-5-9-17/h6-7,10H,3-5,8-9H2,1-2H3,(H4,18,19,20,21). The number of ether oxygens (including phenoxy) is 1. The summed E-state index contributed by atoms with van der Waals surface area (Å²) in [7, 11) is 1.37. The lowest BCUT2D eigenvalue weighted by Crippen LogP contribution is -2.58. The van der Waals surface area contributed by atoms with Gasteiger partial charge in [-0.2, -0.15) is 4.99 Å². The normalized spacial score (nSPS) is 19.7. The van der Waals surface area contributed by atoms with Crippen LogP contribution in [0.5, 0.6) is 0 Å². The van der Waals surface area contributed by atoms with Crippen molar-refractivity contribution in [3.8, 4) is 0 Å². The van der Waals surface area contributed by atoms with Gasteiger partial charge in [0.2, 0.25) is 11.9 Å². The van der Waals surface area contributed by atoms with Crippen LogP contribution in [0.4, 0.5) is 5.69 Å². The van der Waals surface area contributed by atoms with Crippen molar-refractivity contribution in [2.75, 3.05) is 12.0 Å². The fraction of sp³-hybridized carbons (Fsp3) is 0.471. The summed E-state index contributed by atoms with van der Waals surface area (Å²) in [5, 5.41) is 0. The highest BCUT2D eigenvalue weighted by atomic mass is 16.5. The number of carbonyl (C=O) groups is 1. The van der Waals surface area contributed by atoms with E-state index in [4.69, 9.17) is 16.2 Å². The molecule has 2 aliphatic rings. The molecule has 3 rings (SSSR count). The molecule has 0 radical (unpaired) electrons. The Morgan fingerprint density at radius 3 is 2.62 bits per heavy atom. The van der Waals surface area contributed by atoms with Crippen LogP contribution in [0.3, 0.4) is 0 Å². The molecule has 7 nitrogen and oxygen atoms in total. The van der Waals surface area contributed by atoms with Gasteiger partial charge >= 0.3 is 5.97 Å². The summed E-state index contributed by atoms with van der Waals surface area (Å²) in [6.07, 6.45) is 4.84. The number of benzene rings is 1. The molecule has 128 valence electrons. The Bertz CT molecular complexity index is 720. The number of rotatable bonds is 2. The van der Waals surface area contributed by atoms with Gasteiger partial charge in [0.15, 0.2) is 0 Å². The monoisotopic (exact) mass is 329 g/mol. The second kappa shape index (κ2) is 6.14. The highest BCUT2D eigenvalue weighted by Gasteiger charge is 2.43. The number of nitrogens with zero attached hydrogens (tertiary/aromatic N) is 3. The molecular formula is C17H23N5O2. The summed E-state index contributed by atoms with van der Waals surface area (Å²) in [5.41, 5.74) is 13.6. The van der Waals surface area contributed by atoms with Gasteiger partial charge < -0.3 is 16.2 Å². The van der Waals surface area contributed by atoms with Crippen LogP contribution in [0.2, 0.25) is 0 Å². The van der Waals surface area contributed by atoms with Crippen molar-refractivity contribution in [2.24, 2.45) is 21.5 Å². The summed E-state index contributed by atoms with van der Waals surface area (Å²) in [4.78, 5) is 22.9. The van der Waals surface area contributed by atoms with Crippen molar-refractivity contribution in [3.63, 3.8) is 0 Å². The number of anilines is 1. The molecular weight excluding hydrogens is 306 g/mol. The van der Waals surface area contributed by atoms with Gasteiger partial charge in [0.25, 0.3) is 0 Å². The van der Waals surface area contributed by atoms with Crippen molar-refractivity contribution in [3.05, 3.63) is 29.3 Å². The minimum absolute atomic E-state index is 0.192. The maximum atomic E-state index is 12.3. The average molecular weight is 329 g/mol. The Kier molecular flexibility index (Phi) is 4.17. The van der Waals surface area contributed by atoms with Gasteiger partial charge in [0.1, 0.15) is 5.66 Å². The summed E-state index contributed by atoms with van der Waals surface area (Å²) in [6.45, 7) is 1.93. The number of aliphatic imine (C=N–C) groups is 2. The first kappa shape index (κ1) is 16.3. The van der Waals surface area contributed by atoms with E-state index in [0.29, 0.717) is 11.3 Å². The first-order chi connectivity index (χ1) is 11.5. The van der Waals surface area contributed by atoms with E-state index in [1.165, 1.54) is 7.11 Å². The number of nitrogens with two attached hydrogens (primary N) is 2. The van der Waals surface area contributed by atoms with Crippen LogP contribution in [-0.4, -0.2) is 30.7 Å². The topological polar surface area (TPSA) is 106 Å². The van der Waals surface area contributed by atoms with E-state index < -0.39 is 11.6 Å². The number of aryl methyl sites for hydroxylation is 1. The quantitative estimate of drug-likeness (QED) is 0.806. The van der Waals surface area contributed by atoms with Crippen molar-refractivity contribution < 1.29 is 9.53 Å². The van der Waals surface area contributed by atoms with Crippen LogP contribution in [-0.2, 0) is 4.74 Å². The minimum atomic E-state index is -0.577. The van der Waals surface area contributed by atoms with Crippen molar-refractivity contribution >= 4 is 23.6 Å². The molecule has 1 aromatic rings. The van der Waals surface area contributed by atoms with Crippen molar-refractivity contribution in [2.45, 2.75) is 44.7 Å². The maximum Gasteiger partial charge on any atom is 0.339 e. The molecule has 1 fully saturated rings. The maximum absolute atomic E-state index is 12.3. The van der Waals surface area contributed by atoms with Crippen LogP contribution in [0.1, 0.15) is 48.0 Å². The lowest BCUT2D eigenvalue weighted by molar-refractivity contribution is 0.0601. The zero-order chi connectivity index (χ0) is 17.3. The molecule has 4 N–H and O–H groups in total. The predicted octanol–water partition coefficient (Wildman–Crippen LogP) is 1.89. The highest BCUT2D eigenvalue weighted by Crippen LogP contribution is 2.40.